The predicted octanol–water partition coefficient (Wildman–Crippen LogP) is 2.98. The molecule has 0 bridgehead atoms. The van der Waals surface area contributed by atoms with Crippen molar-refractivity contribution in [3.63, 3.8) is 0 Å². The summed E-state index contributed by atoms with van der Waals surface area (Å²) in [7, 11) is 0. The van der Waals surface area contributed by atoms with E-state index < -0.39 is 0 Å². The van der Waals surface area contributed by atoms with Crippen molar-refractivity contribution in [2.24, 2.45) is 0 Å². The lowest BCUT2D eigenvalue weighted by Gasteiger charge is -2.31. The first kappa shape index (κ1) is 15.3. The molecular weight excluding hydrogens is 228 g/mol. The molecule has 1 aliphatic heterocycles. The Balaban J connectivity index is 1.91. The van der Waals surface area contributed by atoms with E-state index in [2.05, 4.69) is 35.8 Å². The molecule has 1 saturated heterocycles. The van der Waals surface area contributed by atoms with E-state index in [1.54, 1.807) is 0 Å². The zero-order chi connectivity index (χ0) is 12.3. The Bertz CT molecular complexity index is 176. The van der Waals surface area contributed by atoms with Gasteiger partial charge in [-0.15, -0.1) is 0 Å². The molecule has 1 N–H and O–H groups in total. The molecule has 1 atom stereocenters. The van der Waals surface area contributed by atoms with E-state index in [0.29, 0.717) is 0 Å². The van der Waals surface area contributed by atoms with Crippen molar-refractivity contribution in [1.29, 1.82) is 0 Å². The molecule has 2 nitrogen and oxygen atoms in total. The van der Waals surface area contributed by atoms with E-state index in [4.69, 9.17) is 0 Å². The van der Waals surface area contributed by atoms with Gasteiger partial charge in [0.25, 0.3) is 0 Å². The highest BCUT2D eigenvalue weighted by Crippen LogP contribution is 2.20. The SMILES string of the molecule is CCCCCCNCCN1CCSC(CC)C1. The van der Waals surface area contributed by atoms with Crippen LogP contribution in [0, 0.1) is 0 Å². The van der Waals surface area contributed by atoms with Gasteiger partial charge in [0.1, 0.15) is 0 Å². The first-order valence-corrected chi connectivity index (χ1v) is 8.46. The van der Waals surface area contributed by atoms with Crippen LogP contribution in [0.5, 0.6) is 0 Å². The minimum absolute atomic E-state index is 0.883. The van der Waals surface area contributed by atoms with Crippen LogP contribution in [-0.2, 0) is 0 Å². The van der Waals surface area contributed by atoms with Gasteiger partial charge in [-0.05, 0) is 19.4 Å². The smallest absolute Gasteiger partial charge is 0.0172 e. The van der Waals surface area contributed by atoms with Crippen LogP contribution in [0.4, 0.5) is 0 Å². The van der Waals surface area contributed by atoms with Gasteiger partial charge in [0.05, 0.1) is 0 Å². The van der Waals surface area contributed by atoms with Gasteiger partial charge >= 0.3 is 0 Å². The number of nitrogens with one attached hydrogen (secondary N) is 1. The topological polar surface area (TPSA) is 15.3 Å². The van der Waals surface area contributed by atoms with Gasteiger partial charge in [-0.3, -0.25) is 0 Å². The molecular formula is C14H30N2S. The predicted molar refractivity (Wildman–Crippen MR) is 80.0 cm³/mol. The molecule has 0 aromatic heterocycles. The minimum atomic E-state index is 0.883. The Morgan fingerprint density at radius 2 is 2.06 bits per heavy atom. The third-order valence-electron chi connectivity index (χ3n) is 3.49. The quantitative estimate of drug-likeness (QED) is 0.640. The summed E-state index contributed by atoms with van der Waals surface area (Å²) in [4.78, 5) is 2.63. The van der Waals surface area contributed by atoms with Crippen molar-refractivity contribution in [3.8, 4) is 0 Å². The van der Waals surface area contributed by atoms with Gasteiger partial charge in [0, 0.05) is 37.2 Å². The Labute approximate surface area is 112 Å². The number of thioether (sulfide) groups is 1. The fraction of sp³-hybridized carbons (Fsp3) is 1.00. The Morgan fingerprint density at radius 3 is 2.82 bits per heavy atom. The van der Waals surface area contributed by atoms with Crippen molar-refractivity contribution < 1.29 is 0 Å². The van der Waals surface area contributed by atoms with Crippen molar-refractivity contribution in [2.45, 2.75) is 51.2 Å². The van der Waals surface area contributed by atoms with Crippen molar-refractivity contribution in [3.05, 3.63) is 0 Å². The highest BCUT2D eigenvalue weighted by atomic mass is 32.2. The minimum Gasteiger partial charge on any atom is -0.315 e. The number of hydrogen-bond acceptors (Lipinski definition) is 3. The Morgan fingerprint density at radius 1 is 1.18 bits per heavy atom. The largest absolute Gasteiger partial charge is 0.315 e. The average molecular weight is 258 g/mol. The van der Waals surface area contributed by atoms with E-state index in [9.17, 15) is 0 Å². The molecule has 1 rings (SSSR count). The maximum absolute atomic E-state index is 3.58. The molecule has 1 heterocycles. The second-order valence-electron chi connectivity index (χ2n) is 5.01. The maximum atomic E-state index is 3.58. The molecule has 1 fully saturated rings. The molecule has 1 unspecified atom stereocenters. The first-order valence-electron chi connectivity index (χ1n) is 7.41. The van der Waals surface area contributed by atoms with Crippen LogP contribution in [0.1, 0.15) is 46.0 Å². The van der Waals surface area contributed by atoms with Crippen molar-refractivity contribution >= 4 is 11.8 Å². The first-order chi connectivity index (χ1) is 8.36. The molecule has 3 heteroatoms. The third kappa shape index (κ3) is 7.32. The molecule has 0 aromatic carbocycles. The summed E-state index contributed by atoms with van der Waals surface area (Å²) in [6.45, 7) is 10.8. The average Bonchev–Trinajstić information content (AvgIpc) is 2.38. The van der Waals surface area contributed by atoms with Crippen LogP contribution in [-0.4, -0.2) is 48.6 Å². The van der Waals surface area contributed by atoms with Gasteiger partial charge in [-0.25, -0.2) is 0 Å². The summed E-state index contributed by atoms with van der Waals surface area (Å²) in [5, 5.41) is 4.46. The van der Waals surface area contributed by atoms with E-state index in [0.717, 1.165) is 5.25 Å². The lowest BCUT2D eigenvalue weighted by Crippen LogP contribution is -2.41. The molecule has 0 spiro atoms. The standard InChI is InChI=1S/C14H30N2S/c1-3-5-6-7-8-15-9-10-16-11-12-17-14(4-2)13-16/h14-15H,3-13H2,1-2H3. The lowest BCUT2D eigenvalue weighted by atomic mass is 10.2. The third-order valence-corrected chi connectivity index (χ3v) is 4.86. The van der Waals surface area contributed by atoms with E-state index >= 15 is 0 Å². The number of rotatable bonds is 9. The van der Waals surface area contributed by atoms with Crippen LogP contribution >= 0.6 is 11.8 Å². The fourth-order valence-electron chi connectivity index (χ4n) is 2.27. The summed E-state index contributed by atoms with van der Waals surface area (Å²) in [6.07, 6.45) is 6.79. The van der Waals surface area contributed by atoms with Crippen LogP contribution in [0.2, 0.25) is 0 Å². The van der Waals surface area contributed by atoms with Crippen LogP contribution < -0.4 is 5.32 Å². The molecule has 1 aliphatic rings. The summed E-state index contributed by atoms with van der Waals surface area (Å²) in [5.74, 6) is 1.33. The number of unbranched alkanes of at least 4 members (excludes halogenated alkanes) is 3. The molecule has 17 heavy (non-hydrogen) atoms. The van der Waals surface area contributed by atoms with Crippen molar-refractivity contribution in [2.75, 3.05) is 38.5 Å². The molecule has 0 radical (unpaired) electrons. The van der Waals surface area contributed by atoms with Crippen molar-refractivity contribution in [1.82, 2.24) is 10.2 Å². The Kier molecular flexibility index (Phi) is 9.21. The van der Waals surface area contributed by atoms with Gasteiger partial charge in [0.2, 0.25) is 0 Å². The van der Waals surface area contributed by atoms with Gasteiger partial charge < -0.3 is 10.2 Å². The molecule has 0 saturated carbocycles. The number of nitrogens with zero attached hydrogens (tertiary/aromatic N) is 1. The monoisotopic (exact) mass is 258 g/mol. The molecule has 0 aromatic rings. The highest BCUT2D eigenvalue weighted by Gasteiger charge is 2.17. The second-order valence-corrected chi connectivity index (χ2v) is 6.42. The summed E-state index contributed by atoms with van der Waals surface area (Å²) in [6, 6.07) is 0. The summed E-state index contributed by atoms with van der Waals surface area (Å²) in [5.41, 5.74) is 0. The molecule has 102 valence electrons. The van der Waals surface area contributed by atoms with E-state index in [1.807, 2.05) is 0 Å². The normalized spacial score (nSPS) is 21.9. The van der Waals surface area contributed by atoms with Crippen LogP contribution in [0.15, 0.2) is 0 Å². The van der Waals surface area contributed by atoms with Gasteiger partial charge in [0.15, 0.2) is 0 Å². The zero-order valence-corrected chi connectivity index (χ0v) is 12.5. The molecule has 0 aliphatic carbocycles. The fourth-order valence-corrected chi connectivity index (χ4v) is 3.52. The van der Waals surface area contributed by atoms with Crippen LogP contribution in [0.3, 0.4) is 0 Å². The number of hydrogen-bond donors (Lipinski definition) is 1. The van der Waals surface area contributed by atoms with Gasteiger partial charge in [-0.1, -0.05) is 33.1 Å². The zero-order valence-electron chi connectivity index (χ0n) is 11.7. The summed E-state index contributed by atoms with van der Waals surface area (Å²) >= 11 is 2.16. The maximum Gasteiger partial charge on any atom is 0.0172 e. The second kappa shape index (κ2) is 10.2. The highest BCUT2D eigenvalue weighted by molar-refractivity contribution is 8.00. The Hall–Kier alpha value is 0.270. The van der Waals surface area contributed by atoms with E-state index in [1.165, 1.54) is 70.6 Å². The summed E-state index contributed by atoms with van der Waals surface area (Å²) < 4.78 is 0. The van der Waals surface area contributed by atoms with Gasteiger partial charge in [-0.2, -0.15) is 11.8 Å². The lowest BCUT2D eigenvalue weighted by molar-refractivity contribution is 0.280. The van der Waals surface area contributed by atoms with Crippen LogP contribution in [0.25, 0.3) is 0 Å². The molecule has 0 amide bonds. The van der Waals surface area contributed by atoms with E-state index in [-0.39, 0.29) is 0 Å².